The van der Waals surface area contributed by atoms with Crippen LogP contribution in [0.15, 0.2) is 6.07 Å². The number of benzene rings is 1. The van der Waals surface area contributed by atoms with Crippen molar-refractivity contribution in [3.63, 3.8) is 0 Å². The molecule has 0 atom stereocenters. The second-order valence-electron chi connectivity index (χ2n) is 2.65. The van der Waals surface area contributed by atoms with E-state index in [0.717, 1.165) is 0 Å². The summed E-state index contributed by atoms with van der Waals surface area (Å²) in [7, 11) is 0. The van der Waals surface area contributed by atoms with E-state index in [2.05, 4.69) is 17.6 Å². The molecule has 0 bridgehead atoms. The Kier molecular flexibility index (Phi) is 6.01. The zero-order valence-corrected chi connectivity index (χ0v) is 8.57. The van der Waals surface area contributed by atoms with Gasteiger partial charge in [0.25, 0.3) is 0 Å². The molecule has 1 aromatic rings. The molecule has 1 nitrogen and oxygen atoms in total. The van der Waals surface area contributed by atoms with Crippen LogP contribution in [0.4, 0.5) is 17.6 Å². The highest BCUT2D eigenvalue weighted by Crippen LogP contribution is 2.24. The molecule has 88 valence electrons. The summed E-state index contributed by atoms with van der Waals surface area (Å²) in [6, 6.07) is 0.489. The Morgan fingerprint density at radius 1 is 1.06 bits per heavy atom. The molecule has 0 aromatic heterocycles. The smallest absolute Gasteiger partial charge is 0.203 e. The van der Waals surface area contributed by atoms with E-state index in [1.807, 2.05) is 0 Å². The summed E-state index contributed by atoms with van der Waals surface area (Å²) in [5, 5.41) is 0. The SMILES string of the molecule is C#C.CCCOc1cc(F)c(F)c(F)c1F. The third-order valence-corrected chi connectivity index (χ3v) is 1.53. The first-order valence-corrected chi connectivity index (χ1v) is 4.37. The molecule has 0 fully saturated rings. The van der Waals surface area contributed by atoms with Crippen LogP contribution in [0.3, 0.4) is 0 Å². The number of halogens is 4. The molecule has 0 unspecified atom stereocenters. The van der Waals surface area contributed by atoms with Crippen LogP contribution in [0.25, 0.3) is 0 Å². The van der Waals surface area contributed by atoms with Crippen LogP contribution in [0.5, 0.6) is 5.75 Å². The average molecular weight is 234 g/mol. The van der Waals surface area contributed by atoms with Crippen LogP contribution in [-0.4, -0.2) is 6.61 Å². The number of hydrogen-bond acceptors (Lipinski definition) is 1. The fraction of sp³-hybridized carbons (Fsp3) is 0.273. The standard InChI is InChI=1S/C9H8F4O.C2H2/c1-2-3-14-6-4-5(10)7(11)9(13)8(6)12;1-2/h4H,2-3H2,1H3;1-2H. The summed E-state index contributed by atoms with van der Waals surface area (Å²) >= 11 is 0. The van der Waals surface area contributed by atoms with E-state index in [0.29, 0.717) is 12.5 Å². The van der Waals surface area contributed by atoms with Crippen LogP contribution < -0.4 is 4.74 Å². The Balaban J connectivity index is 0.00000106. The van der Waals surface area contributed by atoms with Crippen molar-refractivity contribution in [2.24, 2.45) is 0 Å². The van der Waals surface area contributed by atoms with Gasteiger partial charge in [-0.1, -0.05) is 6.92 Å². The van der Waals surface area contributed by atoms with Gasteiger partial charge in [-0.05, 0) is 6.42 Å². The fourth-order valence-corrected chi connectivity index (χ4v) is 0.868. The van der Waals surface area contributed by atoms with Gasteiger partial charge >= 0.3 is 0 Å². The molecule has 0 radical (unpaired) electrons. The van der Waals surface area contributed by atoms with Crippen LogP contribution in [-0.2, 0) is 0 Å². The summed E-state index contributed by atoms with van der Waals surface area (Å²) in [5.41, 5.74) is 0. The van der Waals surface area contributed by atoms with Gasteiger partial charge in [-0.2, -0.15) is 4.39 Å². The first kappa shape index (κ1) is 14.3. The quantitative estimate of drug-likeness (QED) is 0.337. The number of hydrogen-bond donors (Lipinski definition) is 0. The highest BCUT2D eigenvalue weighted by atomic mass is 19.2. The van der Waals surface area contributed by atoms with Crippen molar-refractivity contribution >= 4 is 0 Å². The third-order valence-electron chi connectivity index (χ3n) is 1.53. The summed E-state index contributed by atoms with van der Waals surface area (Å²) in [6.45, 7) is 1.86. The molecule has 1 rings (SSSR count). The third kappa shape index (κ3) is 3.16. The molecular formula is C11H10F4O. The first-order valence-electron chi connectivity index (χ1n) is 4.37. The van der Waals surface area contributed by atoms with Crippen molar-refractivity contribution in [1.29, 1.82) is 0 Å². The highest BCUT2D eigenvalue weighted by molar-refractivity contribution is 5.27. The fourth-order valence-electron chi connectivity index (χ4n) is 0.868. The van der Waals surface area contributed by atoms with E-state index < -0.39 is 29.0 Å². The van der Waals surface area contributed by atoms with E-state index in [-0.39, 0.29) is 6.61 Å². The highest BCUT2D eigenvalue weighted by Gasteiger charge is 2.19. The molecule has 0 saturated heterocycles. The number of terminal acetylenes is 1. The largest absolute Gasteiger partial charge is 0.490 e. The Morgan fingerprint density at radius 3 is 2.12 bits per heavy atom. The molecule has 0 aliphatic carbocycles. The van der Waals surface area contributed by atoms with Crippen molar-refractivity contribution in [3.8, 4) is 18.6 Å². The predicted molar refractivity (Wildman–Crippen MR) is 52.0 cm³/mol. The van der Waals surface area contributed by atoms with E-state index in [1.165, 1.54) is 0 Å². The molecule has 0 saturated carbocycles. The molecule has 0 aliphatic rings. The second kappa shape index (κ2) is 6.72. The van der Waals surface area contributed by atoms with Crippen LogP contribution >= 0.6 is 0 Å². The Hall–Kier alpha value is -1.70. The van der Waals surface area contributed by atoms with Gasteiger partial charge in [0.05, 0.1) is 6.61 Å². The van der Waals surface area contributed by atoms with Crippen molar-refractivity contribution in [2.75, 3.05) is 6.61 Å². The van der Waals surface area contributed by atoms with E-state index in [4.69, 9.17) is 0 Å². The zero-order valence-electron chi connectivity index (χ0n) is 8.57. The summed E-state index contributed by atoms with van der Waals surface area (Å²) in [4.78, 5) is 0. The van der Waals surface area contributed by atoms with Gasteiger partial charge in [0, 0.05) is 6.07 Å². The molecule has 0 aliphatic heterocycles. The minimum atomic E-state index is -1.85. The van der Waals surface area contributed by atoms with Crippen molar-refractivity contribution in [3.05, 3.63) is 29.3 Å². The topological polar surface area (TPSA) is 9.23 Å². The molecule has 0 amide bonds. The molecule has 0 heterocycles. The monoisotopic (exact) mass is 234 g/mol. The lowest BCUT2D eigenvalue weighted by Gasteiger charge is -2.06. The van der Waals surface area contributed by atoms with Gasteiger partial charge in [-0.3, -0.25) is 0 Å². The van der Waals surface area contributed by atoms with Gasteiger partial charge in [-0.15, -0.1) is 12.8 Å². The number of ether oxygens (including phenoxy) is 1. The normalized spacial score (nSPS) is 9.19. The van der Waals surface area contributed by atoms with Crippen LogP contribution in [0, 0.1) is 36.1 Å². The minimum absolute atomic E-state index is 0.113. The summed E-state index contributed by atoms with van der Waals surface area (Å²) in [5.74, 6) is -7.25. The lowest BCUT2D eigenvalue weighted by atomic mass is 10.3. The van der Waals surface area contributed by atoms with Gasteiger partial charge in [0.15, 0.2) is 17.4 Å². The lowest BCUT2D eigenvalue weighted by molar-refractivity contribution is 0.286. The van der Waals surface area contributed by atoms with E-state index in [9.17, 15) is 17.6 Å². The van der Waals surface area contributed by atoms with E-state index in [1.54, 1.807) is 6.92 Å². The zero-order chi connectivity index (χ0) is 12.7. The van der Waals surface area contributed by atoms with Crippen molar-refractivity contribution in [1.82, 2.24) is 0 Å². The maximum Gasteiger partial charge on any atom is 0.203 e. The van der Waals surface area contributed by atoms with Gasteiger partial charge < -0.3 is 4.74 Å². The molecule has 5 heteroatoms. The van der Waals surface area contributed by atoms with Crippen molar-refractivity contribution in [2.45, 2.75) is 13.3 Å². The van der Waals surface area contributed by atoms with E-state index >= 15 is 0 Å². The summed E-state index contributed by atoms with van der Waals surface area (Å²) in [6.07, 6.45) is 8.56. The molecule has 16 heavy (non-hydrogen) atoms. The lowest BCUT2D eigenvalue weighted by Crippen LogP contribution is -2.03. The predicted octanol–water partition coefficient (Wildman–Crippen LogP) is 3.28. The van der Waals surface area contributed by atoms with Gasteiger partial charge in [0.2, 0.25) is 11.6 Å². The summed E-state index contributed by atoms with van der Waals surface area (Å²) < 4.78 is 55.2. The van der Waals surface area contributed by atoms with Crippen LogP contribution in [0.2, 0.25) is 0 Å². The Bertz CT molecular complexity index is 374. The van der Waals surface area contributed by atoms with Crippen LogP contribution in [0.1, 0.15) is 13.3 Å². The minimum Gasteiger partial charge on any atom is -0.490 e. The van der Waals surface area contributed by atoms with Gasteiger partial charge in [0.1, 0.15) is 0 Å². The maximum atomic E-state index is 12.9. The maximum absolute atomic E-state index is 12.9. The first-order chi connectivity index (χ1) is 7.57. The molecule has 0 N–H and O–H groups in total. The molecule has 1 aromatic carbocycles. The Morgan fingerprint density at radius 2 is 1.62 bits per heavy atom. The average Bonchev–Trinajstić information content (AvgIpc) is 2.32. The number of rotatable bonds is 3. The Labute approximate surface area is 91.0 Å². The second-order valence-corrected chi connectivity index (χ2v) is 2.65. The molecular weight excluding hydrogens is 224 g/mol. The molecule has 0 spiro atoms. The van der Waals surface area contributed by atoms with Crippen molar-refractivity contribution < 1.29 is 22.3 Å². The van der Waals surface area contributed by atoms with Gasteiger partial charge in [-0.25, -0.2) is 13.2 Å².